The lowest BCUT2D eigenvalue weighted by atomic mass is 10.4. The Bertz CT molecular complexity index is 330. The van der Waals surface area contributed by atoms with Gasteiger partial charge in [0.15, 0.2) is 0 Å². The van der Waals surface area contributed by atoms with Crippen molar-refractivity contribution < 1.29 is 0 Å². The van der Waals surface area contributed by atoms with Crippen LogP contribution in [0.5, 0.6) is 0 Å². The summed E-state index contributed by atoms with van der Waals surface area (Å²) in [5, 5.41) is 11.3. The summed E-state index contributed by atoms with van der Waals surface area (Å²) in [6.07, 6.45) is 2.19. The van der Waals surface area contributed by atoms with E-state index in [0.29, 0.717) is 18.9 Å². The number of anilines is 2. The Labute approximate surface area is 83.4 Å². The fourth-order valence-corrected chi connectivity index (χ4v) is 1.01. The zero-order valence-corrected chi connectivity index (χ0v) is 8.36. The third kappa shape index (κ3) is 2.59. The standard InChI is InChI=1S/C9H13N5/c1-11-9-12-6-4-8(13-9)14(2)7-3-5-10/h4,6H,3,7H2,1-2H3,(H,11,12,13). The van der Waals surface area contributed by atoms with Gasteiger partial charge in [0.2, 0.25) is 5.95 Å². The molecule has 0 bridgehead atoms. The minimum atomic E-state index is 0.495. The smallest absolute Gasteiger partial charge is 0.224 e. The van der Waals surface area contributed by atoms with Gasteiger partial charge in [0.05, 0.1) is 12.5 Å². The van der Waals surface area contributed by atoms with Crippen LogP contribution < -0.4 is 10.2 Å². The van der Waals surface area contributed by atoms with Crippen LogP contribution in [-0.2, 0) is 0 Å². The van der Waals surface area contributed by atoms with E-state index >= 15 is 0 Å². The summed E-state index contributed by atoms with van der Waals surface area (Å²) < 4.78 is 0. The normalized spacial score (nSPS) is 9.21. The molecule has 1 aromatic heterocycles. The Morgan fingerprint density at radius 1 is 1.64 bits per heavy atom. The van der Waals surface area contributed by atoms with E-state index in [2.05, 4.69) is 21.4 Å². The molecule has 1 heterocycles. The Hall–Kier alpha value is -1.83. The van der Waals surface area contributed by atoms with Crippen molar-refractivity contribution in [3.8, 4) is 6.07 Å². The Morgan fingerprint density at radius 2 is 2.43 bits per heavy atom. The molecular formula is C9H13N5. The Balaban J connectivity index is 2.70. The molecule has 74 valence electrons. The second-order valence-corrected chi connectivity index (χ2v) is 2.82. The lowest BCUT2D eigenvalue weighted by Crippen LogP contribution is -2.19. The van der Waals surface area contributed by atoms with Crippen LogP contribution in [-0.4, -0.2) is 30.6 Å². The van der Waals surface area contributed by atoms with Gasteiger partial charge in [0.1, 0.15) is 5.82 Å². The van der Waals surface area contributed by atoms with Crippen molar-refractivity contribution in [3.63, 3.8) is 0 Å². The van der Waals surface area contributed by atoms with Crippen LogP contribution in [0.2, 0.25) is 0 Å². The quantitative estimate of drug-likeness (QED) is 0.765. The van der Waals surface area contributed by atoms with Gasteiger partial charge in [-0.15, -0.1) is 0 Å². The van der Waals surface area contributed by atoms with E-state index in [1.165, 1.54) is 0 Å². The molecule has 0 aliphatic carbocycles. The van der Waals surface area contributed by atoms with E-state index in [0.717, 1.165) is 5.82 Å². The molecule has 1 aromatic rings. The monoisotopic (exact) mass is 191 g/mol. The molecule has 0 saturated heterocycles. The predicted octanol–water partition coefficient (Wildman–Crippen LogP) is 0.868. The summed E-state index contributed by atoms with van der Waals surface area (Å²) >= 11 is 0. The van der Waals surface area contributed by atoms with Crippen LogP contribution in [0.4, 0.5) is 11.8 Å². The van der Waals surface area contributed by atoms with Crippen molar-refractivity contribution in [2.75, 3.05) is 30.9 Å². The first-order chi connectivity index (χ1) is 6.77. The molecule has 0 aliphatic heterocycles. The SMILES string of the molecule is CNc1nccc(N(C)CCC#N)n1. The van der Waals surface area contributed by atoms with Crippen molar-refractivity contribution in [1.82, 2.24) is 9.97 Å². The molecule has 1 N–H and O–H groups in total. The summed E-state index contributed by atoms with van der Waals surface area (Å²) in [6, 6.07) is 3.91. The molecule has 0 aromatic carbocycles. The van der Waals surface area contributed by atoms with Crippen LogP contribution in [0.15, 0.2) is 12.3 Å². The third-order valence-electron chi connectivity index (χ3n) is 1.81. The van der Waals surface area contributed by atoms with Gasteiger partial charge < -0.3 is 10.2 Å². The van der Waals surface area contributed by atoms with Gasteiger partial charge in [0, 0.05) is 26.8 Å². The van der Waals surface area contributed by atoms with Crippen molar-refractivity contribution in [2.45, 2.75) is 6.42 Å². The van der Waals surface area contributed by atoms with Crippen molar-refractivity contribution in [2.24, 2.45) is 0 Å². The highest BCUT2D eigenvalue weighted by Gasteiger charge is 2.02. The number of nitrogens with zero attached hydrogens (tertiary/aromatic N) is 4. The highest BCUT2D eigenvalue weighted by Crippen LogP contribution is 2.09. The molecule has 14 heavy (non-hydrogen) atoms. The van der Waals surface area contributed by atoms with Crippen molar-refractivity contribution in [3.05, 3.63) is 12.3 Å². The van der Waals surface area contributed by atoms with E-state index in [-0.39, 0.29) is 0 Å². The summed E-state index contributed by atoms with van der Waals surface area (Å²) in [5.41, 5.74) is 0. The fraction of sp³-hybridized carbons (Fsp3) is 0.444. The molecule has 0 saturated carbocycles. The van der Waals surface area contributed by atoms with Crippen LogP contribution in [0.3, 0.4) is 0 Å². The Kier molecular flexibility index (Phi) is 3.68. The highest BCUT2D eigenvalue weighted by molar-refractivity contribution is 5.41. The highest BCUT2D eigenvalue weighted by atomic mass is 15.2. The zero-order valence-electron chi connectivity index (χ0n) is 8.36. The van der Waals surface area contributed by atoms with Gasteiger partial charge in [-0.25, -0.2) is 4.98 Å². The largest absolute Gasteiger partial charge is 0.358 e. The van der Waals surface area contributed by atoms with Crippen molar-refractivity contribution >= 4 is 11.8 Å². The first-order valence-electron chi connectivity index (χ1n) is 4.37. The zero-order chi connectivity index (χ0) is 10.4. The predicted molar refractivity (Wildman–Crippen MR) is 55.1 cm³/mol. The number of nitriles is 1. The topological polar surface area (TPSA) is 64.8 Å². The van der Waals surface area contributed by atoms with Crippen LogP contribution in [0, 0.1) is 11.3 Å². The maximum atomic E-state index is 8.44. The van der Waals surface area contributed by atoms with Crippen molar-refractivity contribution in [1.29, 1.82) is 5.26 Å². The number of hydrogen-bond acceptors (Lipinski definition) is 5. The molecule has 1 rings (SSSR count). The minimum absolute atomic E-state index is 0.495. The molecule has 0 atom stereocenters. The summed E-state index contributed by atoms with van der Waals surface area (Å²) in [5.74, 6) is 1.41. The lowest BCUT2D eigenvalue weighted by Gasteiger charge is -2.16. The fourth-order valence-electron chi connectivity index (χ4n) is 1.01. The van der Waals surface area contributed by atoms with E-state index in [1.54, 1.807) is 13.2 Å². The number of rotatable bonds is 4. The van der Waals surface area contributed by atoms with Crippen LogP contribution in [0.25, 0.3) is 0 Å². The van der Waals surface area contributed by atoms with E-state index in [4.69, 9.17) is 5.26 Å². The number of nitrogens with one attached hydrogen (secondary N) is 1. The number of aromatic nitrogens is 2. The number of hydrogen-bond donors (Lipinski definition) is 1. The molecule has 0 aliphatic rings. The molecule has 0 fully saturated rings. The lowest BCUT2D eigenvalue weighted by molar-refractivity contribution is 0.880. The molecular weight excluding hydrogens is 178 g/mol. The van der Waals surface area contributed by atoms with Gasteiger partial charge in [-0.3, -0.25) is 0 Å². The molecule has 0 amide bonds. The summed E-state index contributed by atoms with van der Waals surface area (Å²) in [4.78, 5) is 10.2. The Morgan fingerprint density at radius 3 is 3.07 bits per heavy atom. The molecule has 5 nitrogen and oxygen atoms in total. The van der Waals surface area contributed by atoms with Crippen LogP contribution in [0.1, 0.15) is 6.42 Å². The molecule has 5 heteroatoms. The molecule has 0 spiro atoms. The summed E-state index contributed by atoms with van der Waals surface area (Å²) in [6.45, 7) is 0.677. The van der Waals surface area contributed by atoms with E-state index in [1.807, 2.05) is 18.0 Å². The van der Waals surface area contributed by atoms with Gasteiger partial charge in [0.25, 0.3) is 0 Å². The van der Waals surface area contributed by atoms with Gasteiger partial charge in [-0.1, -0.05) is 0 Å². The third-order valence-corrected chi connectivity index (χ3v) is 1.81. The average Bonchev–Trinajstić information content (AvgIpc) is 2.26. The van der Waals surface area contributed by atoms with Gasteiger partial charge >= 0.3 is 0 Å². The van der Waals surface area contributed by atoms with E-state index in [9.17, 15) is 0 Å². The average molecular weight is 191 g/mol. The minimum Gasteiger partial charge on any atom is -0.358 e. The summed E-state index contributed by atoms with van der Waals surface area (Å²) in [7, 11) is 3.67. The second kappa shape index (κ2) is 5.02. The first kappa shape index (κ1) is 10.3. The maximum Gasteiger partial charge on any atom is 0.224 e. The molecule has 0 unspecified atom stereocenters. The van der Waals surface area contributed by atoms with Gasteiger partial charge in [-0.2, -0.15) is 10.2 Å². The second-order valence-electron chi connectivity index (χ2n) is 2.82. The molecule has 0 radical (unpaired) electrons. The van der Waals surface area contributed by atoms with Crippen LogP contribution >= 0.6 is 0 Å². The van der Waals surface area contributed by atoms with E-state index < -0.39 is 0 Å². The maximum absolute atomic E-state index is 8.44. The van der Waals surface area contributed by atoms with Gasteiger partial charge in [-0.05, 0) is 6.07 Å². The first-order valence-corrected chi connectivity index (χ1v) is 4.37.